The highest BCUT2D eigenvalue weighted by atomic mass is 32.1. The van der Waals surface area contributed by atoms with E-state index < -0.39 is 18.0 Å². The number of aromatic carboxylic acids is 1. The standard InChI is InChI=1S/C28H30N2O6S/c1-5-35-26(33)22-20(14-29-28(2,3)4)23(25(31)32)37-24(22)30-27(34)36-15-21-18-12-8-6-10-16(18)17-11-7-9-13-19(17)21/h6-13,21,29H,5,14-15H2,1-4H3,(H,30,34)(H,31,32). The summed E-state index contributed by atoms with van der Waals surface area (Å²) in [7, 11) is 0. The number of hydrogen-bond acceptors (Lipinski definition) is 7. The Hall–Kier alpha value is -3.69. The maximum Gasteiger partial charge on any atom is 0.412 e. The average molecular weight is 523 g/mol. The van der Waals surface area contributed by atoms with Gasteiger partial charge in [0.05, 0.1) is 12.2 Å². The first-order valence-electron chi connectivity index (χ1n) is 12.0. The molecule has 1 aliphatic rings. The molecule has 3 aromatic rings. The molecule has 0 spiro atoms. The van der Waals surface area contributed by atoms with E-state index in [4.69, 9.17) is 9.47 Å². The fraction of sp³-hybridized carbons (Fsp3) is 0.321. The maximum atomic E-state index is 12.9. The predicted octanol–water partition coefficient (Wildman–Crippen LogP) is 5.87. The first-order valence-corrected chi connectivity index (χ1v) is 12.9. The molecule has 1 amide bonds. The quantitative estimate of drug-likeness (QED) is 0.317. The number of carbonyl (C=O) groups is 3. The molecule has 4 rings (SSSR count). The van der Waals surface area contributed by atoms with Crippen molar-refractivity contribution in [1.82, 2.24) is 5.32 Å². The smallest absolute Gasteiger partial charge is 0.412 e. The summed E-state index contributed by atoms with van der Waals surface area (Å²) >= 11 is 0.810. The number of amides is 1. The number of nitrogens with one attached hydrogen (secondary N) is 2. The van der Waals surface area contributed by atoms with Crippen molar-refractivity contribution in [3.63, 3.8) is 0 Å². The topological polar surface area (TPSA) is 114 Å². The van der Waals surface area contributed by atoms with Crippen LogP contribution in [0.1, 0.15) is 70.3 Å². The lowest BCUT2D eigenvalue weighted by Crippen LogP contribution is -2.35. The fourth-order valence-electron chi connectivity index (χ4n) is 4.39. The SMILES string of the molecule is CCOC(=O)c1c(NC(=O)OCC2c3ccccc3-c3ccccc32)sc(C(=O)O)c1CNC(C)(C)C. The van der Waals surface area contributed by atoms with Gasteiger partial charge in [-0.05, 0) is 49.9 Å². The molecule has 0 saturated heterocycles. The van der Waals surface area contributed by atoms with Gasteiger partial charge in [0.25, 0.3) is 0 Å². The summed E-state index contributed by atoms with van der Waals surface area (Å²) in [4.78, 5) is 37.7. The van der Waals surface area contributed by atoms with Crippen LogP contribution in [-0.4, -0.2) is 41.9 Å². The molecule has 3 N–H and O–H groups in total. The molecule has 0 unspecified atom stereocenters. The number of fused-ring (bicyclic) bond motifs is 3. The van der Waals surface area contributed by atoms with Gasteiger partial charge < -0.3 is 19.9 Å². The van der Waals surface area contributed by atoms with Crippen LogP contribution in [0.4, 0.5) is 9.80 Å². The Kier molecular flexibility index (Phi) is 7.65. The Labute approximate surface area is 219 Å². The zero-order valence-electron chi connectivity index (χ0n) is 21.2. The van der Waals surface area contributed by atoms with E-state index in [0.29, 0.717) is 0 Å². The second-order valence-electron chi connectivity index (χ2n) is 9.69. The third kappa shape index (κ3) is 5.68. The lowest BCUT2D eigenvalue weighted by molar-refractivity contribution is 0.0526. The van der Waals surface area contributed by atoms with Crippen molar-refractivity contribution in [2.75, 3.05) is 18.5 Å². The Morgan fingerprint density at radius 1 is 0.973 bits per heavy atom. The van der Waals surface area contributed by atoms with Crippen molar-refractivity contribution in [3.8, 4) is 11.1 Å². The van der Waals surface area contributed by atoms with E-state index in [2.05, 4.69) is 10.6 Å². The molecule has 1 heterocycles. The summed E-state index contributed by atoms with van der Waals surface area (Å²) in [5.74, 6) is -2.03. The second-order valence-corrected chi connectivity index (χ2v) is 10.7. The Morgan fingerprint density at radius 2 is 1.57 bits per heavy atom. The number of carbonyl (C=O) groups excluding carboxylic acids is 2. The van der Waals surface area contributed by atoms with E-state index >= 15 is 0 Å². The minimum absolute atomic E-state index is 0.0227. The van der Waals surface area contributed by atoms with Gasteiger partial charge in [-0.3, -0.25) is 5.32 Å². The van der Waals surface area contributed by atoms with Crippen LogP contribution >= 0.6 is 11.3 Å². The van der Waals surface area contributed by atoms with Gasteiger partial charge >= 0.3 is 18.0 Å². The van der Waals surface area contributed by atoms with Gasteiger partial charge in [0.2, 0.25) is 0 Å². The molecule has 8 nitrogen and oxygen atoms in total. The zero-order valence-corrected chi connectivity index (χ0v) is 22.0. The van der Waals surface area contributed by atoms with Crippen molar-refractivity contribution in [2.45, 2.75) is 45.7 Å². The van der Waals surface area contributed by atoms with E-state index in [0.717, 1.165) is 33.6 Å². The Morgan fingerprint density at radius 3 is 2.11 bits per heavy atom. The third-order valence-corrected chi connectivity index (χ3v) is 7.17. The number of benzene rings is 2. The van der Waals surface area contributed by atoms with Crippen LogP contribution in [0, 0.1) is 0 Å². The normalized spacial score (nSPS) is 12.5. The molecule has 0 radical (unpaired) electrons. The molecule has 0 fully saturated rings. The van der Waals surface area contributed by atoms with Crippen molar-refractivity contribution in [1.29, 1.82) is 0 Å². The molecule has 9 heteroatoms. The van der Waals surface area contributed by atoms with Crippen LogP contribution < -0.4 is 10.6 Å². The lowest BCUT2D eigenvalue weighted by atomic mass is 9.98. The summed E-state index contributed by atoms with van der Waals surface area (Å²) in [5, 5.41) is 15.7. The van der Waals surface area contributed by atoms with Crippen LogP contribution in [0.15, 0.2) is 48.5 Å². The number of carboxylic acids is 1. The van der Waals surface area contributed by atoms with Gasteiger partial charge in [-0.1, -0.05) is 48.5 Å². The molecule has 1 aromatic heterocycles. The third-order valence-electron chi connectivity index (χ3n) is 6.04. The van der Waals surface area contributed by atoms with Gasteiger partial charge in [-0.2, -0.15) is 0 Å². The number of anilines is 1. The van der Waals surface area contributed by atoms with Crippen LogP contribution in [0.5, 0.6) is 0 Å². The average Bonchev–Trinajstić information content (AvgIpc) is 3.37. The minimum atomic E-state index is -1.19. The monoisotopic (exact) mass is 522 g/mol. The molecule has 37 heavy (non-hydrogen) atoms. The molecule has 0 aliphatic heterocycles. The number of hydrogen-bond donors (Lipinski definition) is 3. The van der Waals surface area contributed by atoms with Crippen LogP contribution in [0.2, 0.25) is 0 Å². The number of esters is 1. The lowest BCUT2D eigenvalue weighted by Gasteiger charge is -2.21. The fourth-order valence-corrected chi connectivity index (χ4v) is 5.43. The first-order chi connectivity index (χ1) is 17.6. The Balaban J connectivity index is 1.58. The summed E-state index contributed by atoms with van der Waals surface area (Å²) in [6, 6.07) is 16.0. The highest BCUT2D eigenvalue weighted by molar-refractivity contribution is 7.18. The van der Waals surface area contributed by atoms with E-state index in [1.807, 2.05) is 69.3 Å². The van der Waals surface area contributed by atoms with Gasteiger partial charge in [0, 0.05) is 23.6 Å². The van der Waals surface area contributed by atoms with E-state index in [9.17, 15) is 19.5 Å². The van der Waals surface area contributed by atoms with Crippen LogP contribution in [0.3, 0.4) is 0 Å². The highest BCUT2D eigenvalue weighted by Gasteiger charge is 2.31. The number of rotatable bonds is 8. The van der Waals surface area contributed by atoms with Crippen molar-refractivity contribution < 1.29 is 29.0 Å². The van der Waals surface area contributed by atoms with Crippen molar-refractivity contribution >= 4 is 34.4 Å². The highest BCUT2D eigenvalue weighted by Crippen LogP contribution is 2.44. The molecular formula is C28H30N2O6S. The molecule has 194 valence electrons. The Bertz CT molecular complexity index is 1300. The molecule has 2 aromatic carbocycles. The van der Waals surface area contributed by atoms with Gasteiger partial charge in [0.15, 0.2) is 0 Å². The van der Waals surface area contributed by atoms with E-state index in [1.165, 1.54) is 0 Å². The van der Waals surface area contributed by atoms with Crippen molar-refractivity contribution in [2.24, 2.45) is 0 Å². The zero-order chi connectivity index (χ0) is 26.7. The van der Waals surface area contributed by atoms with Crippen molar-refractivity contribution in [3.05, 3.63) is 75.7 Å². The van der Waals surface area contributed by atoms with Crippen LogP contribution in [0.25, 0.3) is 11.1 Å². The van der Waals surface area contributed by atoms with Gasteiger partial charge in [-0.25, -0.2) is 14.4 Å². The number of thiophene rings is 1. The first kappa shape index (κ1) is 26.4. The number of ether oxygens (including phenoxy) is 2. The van der Waals surface area contributed by atoms with Gasteiger partial charge in [-0.15, -0.1) is 11.3 Å². The molecular weight excluding hydrogens is 492 g/mol. The minimum Gasteiger partial charge on any atom is -0.477 e. The maximum absolute atomic E-state index is 12.9. The molecule has 0 atom stereocenters. The second kappa shape index (κ2) is 10.7. The summed E-state index contributed by atoms with van der Waals surface area (Å²) in [6.07, 6.45) is -0.777. The van der Waals surface area contributed by atoms with E-state index in [1.54, 1.807) is 6.92 Å². The summed E-state index contributed by atoms with van der Waals surface area (Å²) in [6.45, 7) is 7.76. The van der Waals surface area contributed by atoms with Crippen LogP contribution in [-0.2, 0) is 16.0 Å². The predicted molar refractivity (Wildman–Crippen MR) is 143 cm³/mol. The van der Waals surface area contributed by atoms with E-state index in [-0.39, 0.29) is 52.2 Å². The molecule has 0 saturated carbocycles. The summed E-state index contributed by atoms with van der Waals surface area (Å²) in [5.41, 5.74) is 4.32. The van der Waals surface area contributed by atoms with Gasteiger partial charge in [0.1, 0.15) is 16.5 Å². The molecule has 0 bridgehead atoms. The summed E-state index contributed by atoms with van der Waals surface area (Å²) < 4.78 is 10.8. The number of carboxylic acid groups (broad SMARTS) is 1. The molecule has 1 aliphatic carbocycles. The largest absolute Gasteiger partial charge is 0.477 e.